The van der Waals surface area contributed by atoms with Crippen molar-refractivity contribution in [2.24, 2.45) is 0 Å². The van der Waals surface area contributed by atoms with Crippen molar-refractivity contribution in [3.63, 3.8) is 0 Å². The predicted octanol–water partition coefficient (Wildman–Crippen LogP) is 3.33. The maximum Gasteiger partial charge on any atom is 0.333 e. The summed E-state index contributed by atoms with van der Waals surface area (Å²) in [5, 5.41) is 3.31. The molecular weight excluding hydrogens is 360 g/mol. The van der Waals surface area contributed by atoms with Crippen LogP contribution < -0.4 is 5.32 Å². The lowest BCUT2D eigenvalue weighted by atomic mass is 10.1. The van der Waals surface area contributed by atoms with Gasteiger partial charge in [0.05, 0.1) is 11.1 Å². The molecule has 0 atom stereocenters. The molecule has 3 rings (SSSR count). The molecule has 0 bridgehead atoms. The largest absolute Gasteiger partial charge is 0.333 e. The van der Waals surface area contributed by atoms with E-state index in [0.717, 1.165) is 5.69 Å². The predicted molar refractivity (Wildman–Crippen MR) is 101 cm³/mol. The maximum atomic E-state index is 12.1. The summed E-state index contributed by atoms with van der Waals surface area (Å²) in [5.41, 5.74) is 1.20. The Kier molecular flexibility index (Phi) is 6.16. The van der Waals surface area contributed by atoms with E-state index in [1.807, 2.05) is 30.3 Å². The Balaban J connectivity index is 1.35. The highest BCUT2D eigenvalue weighted by atomic mass is 16.7. The molecule has 7 heteroatoms. The fourth-order valence-electron chi connectivity index (χ4n) is 2.87. The molecule has 7 nitrogen and oxygen atoms in total. The highest BCUT2D eigenvalue weighted by Crippen LogP contribution is 2.23. The van der Waals surface area contributed by atoms with Crippen LogP contribution in [0.5, 0.6) is 0 Å². The van der Waals surface area contributed by atoms with Crippen LogP contribution in [0.1, 0.15) is 52.8 Å². The van der Waals surface area contributed by atoms with Crippen LogP contribution >= 0.6 is 0 Å². The van der Waals surface area contributed by atoms with Crippen LogP contribution in [0.2, 0.25) is 0 Å². The maximum absolute atomic E-state index is 12.1. The summed E-state index contributed by atoms with van der Waals surface area (Å²) in [7, 11) is 0. The highest BCUT2D eigenvalue weighted by molar-refractivity contribution is 6.20. The van der Waals surface area contributed by atoms with E-state index in [1.54, 1.807) is 12.1 Å². The first-order chi connectivity index (χ1) is 13.6. The van der Waals surface area contributed by atoms with Gasteiger partial charge in [-0.05, 0) is 37.1 Å². The zero-order valence-electron chi connectivity index (χ0n) is 15.2. The number of nitrogens with zero attached hydrogens (tertiary/aromatic N) is 1. The molecule has 2 aromatic carbocycles. The molecule has 0 aromatic heterocycles. The van der Waals surface area contributed by atoms with Crippen LogP contribution in [0.15, 0.2) is 54.6 Å². The molecule has 0 radical (unpaired) electrons. The smallest absolute Gasteiger partial charge is 0.330 e. The number of nitrogens with one attached hydrogen (secondary N) is 1. The van der Waals surface area contributed by atoms with Gasteiger partial charge in [0.15, 0.2) is 0 Å². The molecule has 0 unspecified atom stereocenters. The van der Waals surface area contributed by atoms with Crippen molar-refractivity contribution in [3.8, 4) is 0 Å². The fourth-order valence-corrected chi connectivity index (χ4v) is 2.87. The molecule has 0 aliphatic carbocycles. The van der Waals surface area contributed by atoms with E-state index in [2.05, 4.69) is 5.32 Å². The Hall–Kier alpha value is -3.48. The van der Waals surface area contributed by atoms with E-state index in [4.69, 9.17) is 4.84 Å². The number of imide groups is 1. The van der Waals surface area contributed by atoms with E-state index in [1.165, 1.54) is 12.1 Å². The first-order valence-electron chi connectivity index (χ1n) is 9.10. The monoisotopic (exact) mass is 380 g/mol. The van der Waals surface area contributed by atoms with E-state index in [0.29, 0.717) is 30.7 Å². The minimum atomic E-state index is -0.650. The van der Waals surface area contributed by atoms with Gasteiger partial charge in [-0.2, -0.15) is 0 Å². The van der Waals surface area contributed by atoms with Crippen molar-refractivity contribution in [2.75, 3.05) is 5.32 Å². The van der Waals surface area contributed by atoms with Crippen molar-refractivity contribution < 1.29 is 24.0 Å². The van der Waals surface area contributed by atoms with Gasteiger partial charge in [0.2, 0.25) is 5.91 Å². The van der Waals surface area contributed by atoms with Crippen molar-refractivity contribution in [2.45, 2.75) is 32.1 Å². The second-order valence-electron chi connectivity index (χ2n) is 6.39. The Labute approximate surface area is 162 Å². The Bertz CT molecular complexity index is 860. The van der Waals surface area contributed by atoms with E-state index in [-0.39, 0.29) is 23.5 Å². The zero-order valence-corrected chi connectivity index (χ0v) is 15.2. The van der Waals surface area contributed by atoms with Gasteiger partial charge < -0.3 is 10.2 Å². The number of hydrogen-bond donors (Lipinski definition) is 1. The van der Waals surface area contributed by atoms with Crippen LogP contribution in [-0.4, -0.2) is 28.8 Å². The summed E-state index contributed by atoms with van der Waals surface area (Å²) < 4.78 is 0. The van der Waals surface area contributed by atoms with Crippen LogP contribution in [0.25, 0.3) is 0 Å². The van der Waals surface area contributed by atoms with Gasteiger partial charge in [0.25, 0.3) is 11.8 Å². The topological polar surface area (TPSA) is 92.8 Å². The van der Waals surface area contributed by atoms with Gasteiger partial charge in [0, 0.05) is 18.5 Å². The third kappa shape index (κ3) is 4.62. The molecule has 0 spiro atoms. The minimum absolute atomic E-state index is 0.0632. The van der Waals surface area contributed by atoms with E-state index < -0.39 is 17.8 Å². The molecule has 1 aliphatic rings. The first-order valence-corrected chi connectivity index (χ1v) is 9.10. The van der Waals surface area contributed by atoms with E-state index in [9.17, 15) is 19.2 Å². The number of unbranched alkanes of at least 4 members (excludes halogenated alkanes) is 2. The lowest BCUT2D eigenvalue weighted by molar-refractivity contribution is -0.168. The number of para-hydroxylation sites is 1. The summed E-state index contributed by atoms with van der Waals surface area (Å²) in [6, 6.07) is 15.5. The number of rotatable bonds is 8. The third-order valence-electron chi connectivity index (χ3n) is 4.29. The molecular formula is C21H20N2O5. The summed E-state index contributed by atoms with van der Waals surface area (Å²) in [6.07, 6.45) is 2.19. The van der Waals surface area contributed by atoms with Gasteiger partial charge in [0.1, 0.15) is 0 Å². The second-order valence-corrected chi connectivity index (χ2v) is 6.39. The van der Waals surface area contributed by atoms with Crippen LogP contribution in [0, 0.1) is 0 Å². The Morgan fingerprint density at radius 1 is 0.786 bits per heavy atom. The molecule has 144 valence electrons. The van der Waals surface area contributed by atoms with Crippen molar-refractivity contribution >= 4 is 29.4 Å². The Morgan fingerprint density at radius 2 is 1.36 bits per heavy atom. The number of hydroxylamine groups is 2. The quantitative estimate of drug-likeness (QED) is 0.560. The van der Waals surface area contributed by atoms with E-state index >= 15 is 0 Å². The minimum Gasteiger partial charge on any atom is -0.330 e. The van der Waals surface area contributed by atoms with Crippen molar-refractivity contribution in [3.05, 3.63) is 65.7 Å². The summed E-state index contributed by atoms with van der Waals surface area (Å²) >= 11 is 0. The molecule has 1 aliphatic heterocycles. The standard InChI is InChI=1S/C21H20N2O5/c24-18(22-15-9-3-1-4-10-15)13-5-2-6-14-19(25)28-23-20(26)16-11-7-8-12-17(16)21(23)27/h1,3-4,7-12H,2,5-6,13-14H2,(H,22,24). The fraction of sp³-hybridized carbons (Fsp3) is 0.238. The SMILES string of the molecule is O=C(CCCCCC(=O)ON1C(=O)c2ccccc2C1=O)Nc1ccccc1. The number of carbonyl (C=O) groups excluding carboxylic acids is 4. The normalized spacial score (nSPS) is 12.6. The summed E-state index contributed by atoms with van der Waals surface area (Å²) in [5.74, 6) is -2.00. The van der Waals surface area contributed by atoms with Gasteiger partial charge in [-0.25, -0.2) is 4.79 Å². The van der Waals surface area contributed by atoms with Crippen LogP contribution in [0.4, 0.5) is 5.69 Å². The van der Waals surface area contributed by atoms with Crippen molar-refractivity contribution in [1.29, 1.82) is 0 Å². The Morgan fingerprint density at radius 3 is 2.00 bits per heavy atom. The molecule has 1 N–H and O–H groups in total. The molecule has 1 heterocycles. The van der Waals surface area contributed by atoms with Crippen LogP contribution in [-0.2, 0) is 14.4 Å². The molecule has 3 amide bonds. The highest BCUT2D eigenvalue weighted by Gasteiger charge is 2.38. The first kappa shape index (κ1) is 19.3. The second kappa shape index (κ2) is 8.94. The summed E-state index contributed by atoms with van der Waals surface area (Å²) in [4.78, 5) is 53.0. The third-order valence-corrected chi connectivity index (χ3v) is 4.29. The number of amides is 3. The molecule has 28 heavy (non-hydrogen) atoms. The van der Waals surface area contributed by atoms with Gasteiger partial charge in [-0.3, -0.25) is 14.4 Å². The zero-order chi connectivity index (χ0) is 19.9. The molecule has 0 saturated carbocycles. The molecule has 0 saturated heterocycles. The van der Waals surface area contributed by atoms with Crippen LogP contribution in [0.3, 0.4) is 0 Å². The molecule has 0 fully saturated rings. The number of benzene rings is 2. The van der Waals surface area contributed by atoms with Crippen molar-refractivity contribution in [1.82, 2.24) is 5.06 Å². The molecule has 2 aromatic rings. The lowest BCUT2D eigenvalue weighted by Crippen LogP contribution is -2.32. The van der Waals surface area contributed by atoms with Gasteiger partial charge >= 0.3 is 5.97 Å². The average Bonchev–Trinajstić information content (AvgIpc) is 2.94. The number of carbonyl (C=O) groups is 4. The van der Waals surface area contributed by atoms with Gasteiger partial charge in [-0.15, -0.1) is 0 Å². The average molecular weight is 380 g/mol. The number of hydrogen-bond acceptors (Lipinski definition) is 5. The lowest BCUT2D eigenvalue weighted by Gasteiger charge is -2.12. The summed E-state index contributed by atoms with van der Waals surface area (Å²) in [6.45, 7) is 0. The number of fused-ring (bicyclic) bond motifs is 1. The van der Waals surface area contributed by atoms with Gasteiger partial charge in [-0.1, -0.05) is 41.8 Å². The number of anilines is 1.